The van der Waals surface area contributed by atoms with Crippen molar-refractivity contribution in [3.8, 4) is 23.0 Å². The molecule has 0 spiro atoms. The Balaban J connectivity index is 1.27. The predicted molar refractivity (Wildman–Crippen MR) is 139 cm³/mol. The highest BCUT2D eigenvalue weighted by Gasteiger charge is 2.47. The molecule has 0 radical (unpaired) electrons. The van der Waals surface area contributed by atoms with Crippen LogP contribution in [0.1, 0.15) is 35.4 Å². The number of hydrogen-bond donors (Lipinski definition) is 7. The first-order valence-electron chi connectivity index (χ1n) is 13.4. The lowest BCUT2D eigenvalue weighted by Gasteiger charge is -2.42. The Morgan fingerprint density at radius 3 is 2.29 bits per heavy atom. The zero-order valence-electron chi connectivity index (χ0n) is 22.7. The van der Waals surface area contributed by atoms with E-state index in [1.165, 1.54) is 38.3 Å². The predicted octanol–water partition coefficient (Wildman–Crippen LogP) is -0.862. The summed E-state index contributed by atoms with van der Waals surface area (Å²) in [5, 5.41) is 71.6. The molecule has 7 N–H and O–H groups in total. The third-order valence-electron chi connectivity index (χ3n) is 7.62. The number of aliphatic hydroxyl groups is 6. The summed E-state index contributed by atoms with van der Waals surface area (Å²) in [5.74, 6) is 0.265. The van der Waals surface area contributed by atoms with E-state index in [-0.39, 0.29) is 35.2 Å². The topological polar surface area (TPSA) is 214 Å². The van der Waals surface area contributed by atoms with Crippen LogP contribution in [0.2, 0.25) is 0 Å². The van der Waals surface area contributed by atoms with Gasteiger partial charge in [-0.05, 0) is 36.8 Å². The Kier molecular flexibility index (Phi) is 8.89. The van der Waals surface area contributed by atoms with E-state index in [9.17, 15) is 40.5 Å². The van der Waals surface area contributed by atoms with Gasteiger partial charge in [0, 0.05) is 6.07 Å². The van der Waals surface area contributed by atoms with E-state index in [1.54, 1.807) is 12.1 Å². The summed E-state index contributed by atoms with van der Waals surface area (Å²) in [6, 6.07) is 9.04. The van der Waals surface area contributed by atoms with Crippen LogP contribution < -0.4 is 14.2 Å². The molecular weight excluding hydrogens is 560 g/mol. The Hall–Kier alpha value is -3.05. The number of rotatable bonds is 7. The monoisotopic (exact) mass is 594 g/mol. The maximum absolute atomic E-state index is 12.8. The Morgan fingerprint density at radius 1 is 0.857 bits per heavy atom. The Labute approximate surface area is 240 Å². The van der Waals surface area contributed by atoms with Crippen molar-refractivity contribution in [3.63, 3.8) is 0 Å². The molecular formula is C28H34O14. The molecule has 230 valence electrons. The maximum Gasteiger partial charge on any atom is 0.229 e. The molecule has 2 aromatic carbocycles. The smallest absolute Gasteiger partial charge is 0.229 e. The first-order valence-corrected chi connectivity index (χ1v) is 13.4. The lowest BCUT2D eigenvalue weighted by Crippen LogP contribution is -2.61. The van der Waals surface area contributed by atoms with E-state index in [4.69, 9.17) is 28.4 Å². The van der Waals surface area contributed by atoms with Crippen molar-refractivity contribution in [2.45, 2.75) is 80.9 Å². The number of ether oxygens (including phenoxy) is 6. The number of fused-ring (bicyclic) bond motifs is 1. The van der Waals surface area contributed by atoms with Crippen LogP contribution in [0.3, 0.4) is 0 Å². The zero-order chi connectivity index (χ0) is 30.3. The average Bonchev–Trinajstić information content (AvgIpc) is 2.97. The van der Waals surface area contributed by atoms with E-state index >= 15 is 0 Å². The fourth-order valence-corrected chi connectivity index (χ4v) is 5.10. The SMILES string of the molecule is COc1ccc(C2CC(=O)c3ccc(O[C@@H]4O[C@H](CO[C@@H]5O[C@@H](C)[C@H](O)[C@@H](O)[C@H]5O)[C@@H](O)[C@H](O)[C@H]4O)cc3O2)cc1O. The maximum atomic E-state index is 12.8. The minimum atomic E-state index is -1.71. The number of aliphatic hydroxyl groups excluding tert-OH is 6. The summed E-state index contributed by atoms with van der Waals surface area (Å²) in [6.07, 6.45) is -15.1. The van der Waals surface area contributed by atoms with Gasteiger partial charge in [0.25, 0.3) is 0 Å². The molecule has 0 saturated carbocycles. The number of ketones is 1. The van der Waals surface area contributed by atoms with Gasteiger partial charge in [-0.1, -0.05) is 6.07 Å². The second-order valence-corrected chi connectivity index (χ2v) is 10.5. The van der Waals surface area contributed by atoms with Crippen LogP contribution in [0.15, 0.2) is 36.4 Å². The molecule has 0 amide bonds. The number of hydrogen-bond acceptors (Lipinski definition) is 14. The number of carbonyl (C=O) groups excluding carboxylic acids is 1. The number of phenolic OH excluding ortho intramolecular Hbond substituents is 1. The van der Waals surface area contributed by atoms with Gasteiger partial charge in [-0.2, -0.15) is 0 Å². The summed E-state index contributed by atoms with van der Waals surface area (Å²) >= 11 is 0. The van der Waals surface area contributed by atoms with Crippen molar-refractivity contribution in [1.82, 2.24) is 0 Å². The number of benzene rings is 2. The molecule has 0 aliphatic carbocycles. The number of carbonyl (C=O) groups is 1. The van der Waals surface area contributed by atoms with Gasteiger partial charge < -0.3 is 64.2 Å². The average molecular weight is 595 g/mol. The highest BCUT2D eigenvalue weighted by atomic mass is 16.7. The molecule has 3 heterocycles. The minimum absolute atomic E-state index is 0.0311. The van der Waals surface area contributed by atoms with Gasteiger partial charge in [-0.25, -0.2) is 0 Å². The van der Waals surface area contributed by atoms with E-state index in [0.29, 0.717) is 11.1 Å². The molecule has 5 rings (SSSR count). The van der Waals surface area contributed by atoms with Crippen molar-refractivity contribution in [2.24, 2.45) is 0 Å². The summed E-state index contributed by atoms with van der Waals surface area (Å²) in [7, 11) is 1.42. The standard InChI is InChI=1S/C28H34O14/c1-11-21(31)23(33)25(35)27(39-11)38-10-20-22(32)24(34)26(36)28(42-20)40-13-4-5-14-15(29)9-18(41-19(14)8-13)12-3-6-17(37-2)16(30)7-12/h3-8,11,18,20-28,30-36H,9-10H2,1-2H3/t11-,18?,20+,21-,22+,23+,24-,25+,26+,27+,28+/m0/s1. The molecule has 2 aromatic rings. The quantitative estimate of drug-likeness (QED) is 0.208. The molecule has 2 saturated heterocycles. The fourth-order valence-electron chi connectivity index (χ4n) is 5.10. The molecule has 42 heavy (non-hydrogen) atoms. The molecule has 14 nitrogen and oxygen atoms in total. The van der Waals surface area contributed by atoms with Crippen LogP contribution in [0.5, 0.6) is 23.0 Å². The third kappa shape index (κ3) is 5.90. The Morgan fingerprint density at radius 2 is 1.57 bits per heavy atom. The second-order valence-electron chi connectivity index (χ2n) is 10.5. The molecule has 3 aliphatic heterocycles. The largest absolute Gasteiger partial charge is 0.504 e. The first kappa shape index (κ1) is 30.4. The molecule has 14 heteroatoms. The molecule has 11 atom stereocenters. The highest BCUT2D eigenvalue weighted by Crippen LogP contribution is 2.39. The summed E-state index contributed by atoms with van der Waals surface area (Å²) in [5.41, 5.74) is 0.851. The van der Waals surface area contributed by atoms with E-state index in [2.05, 4.69) is 0 Å². The van der Waals surface area contributed by atoms with Crippen LogP contribution in [-0.2, 0) is 14.2 Å². The summed E-state index contributed by atoms with van der Waals surface area (Å²) in [4.78, 5) is 12.8. The molecule has 2 fully saturated rings. The van der Waals surface area contributed by atoms with Gasteiger partial charge >= 0.3 is 0 Å². The fraction of sp³-hybridized carbons (Fsp3) is 0.536. The van der Waals surface area contributed by atoms with E-state index in [1.807, 2.05) is 0 Å². The van der Waals surface area contributed by atoms with Gasteiger partial charge in [0.1, 0.15) is 60.3 Å². The van der Waals surface area contributed by atoms with Crippen molar-refractivity contribution < 1.29 is 69.0 Å². The highest BCUT2D eigenvalue weighted by molar-refractivity contribution is 6.00. The number of Topliss-reactive ketones (excluding diaryl/α,β-unsaturated/α-hetero) is 1. The van der Waals surface area contributed by atoms with E-state index < -0.39 is 74.1 Å². The van der Waals surface area contributed by atoms with Gasteiger partial charge in [0.2, 0.25) is 6.29 Å². The van der Waals surface area contributed by atoms with E-state index in [0.717, 1.165) is 0 Å². The summed E-state index contributed by atoms with van der Waals surface area (Å²) < 4.78 is 33.4. The lowest BCUT2D eigenvalue weighted by atomic mass is 9.96. The number of aromatic hydroxyl groups is 1. The van der Waals surface area contributed by atoms with Crippen molar-refractivity contribution in [3.05, 3.63) is 47.5 Å². The van der Waals surface area contributed by atoms with Crippen LogP contribution >= 0.6 is 0 Å². The van der Waals surface area contributed by atoms with Gasteiger partial charge in [0.05, 0.1) is 31.8 Å². The summed E-state index contributed by atoms with van der Waals surface area (Å²) in [6.45, 7) is 1.03. The van der Waals surface area contributed by atoms with Crippen molar-refractivity contribution >= 4 is 5.78 Å². The zero-order valence-corrected chi connectivity index (χ0v) is 22.7. The third-order valence-corrected chi connectivity index (χ3v) is 7.62. The van der Waals surface area contributed by atoms with Gasteiger partial charge in [-0.3, -0.25) is 4.79 Å². The normalized spacial score (nSPS) is 36.6. The molecule has 1 unspecified atom stereocenters. The Bertz CT molecular complexity index is 1270. The number of methoxy groups -OCH3 is 1. The first-order chi connectivity index (χ1) is 20.0. The van der Waals surface area contributed by atoms with Crippen molar-refractivity contribution in [2.75, 3.05) is 13.7 Å². The van der Waals surface area contributed by atoms with Gasteiger partial charge in [-0.15, -0.1) is 0 Å². The second kappa shape index (κ2) is 12.3. The molecule has 0 aromatic heterocycles. The van der Waals surface area contributed by atoms with Crippen LogP contribution in [-0.4, -0.2) is 117 Å². The number of phenols is 1. The lowest BCUT2D eigenvalue weighted by molar-refractivity contribution is -0.318. The van der Waals surface area contributed by atoms with Crippen molar-refractivity contribution in [1.29, 1.82) is 0 Å². The molecule has 0 bridgehead atoms. The van der Waals surface area contributed by atoms with Crippen LogP contribution in [0.4, 0.5) is 0 Å². The molecule has 3 aliphatic rings. The van der Waals surface area contributed by atoms with Gasteiger partial charge in [0.15, 0.2) is 23.6 Å². The minimum Gasteiger partial charge on any atom is -0.504 e. The van der Waals surface area contributed by atoms with Crippen LogP contribution in [0.25, 0.3) is 0 Å². The van der Waals surface area contributed by atoms with Crippen LogP contribution in [0, 0.1) is 0 Å².